The first-order valence-electron chi connectivity index (χ1n) is 8.13. The first kappa shape index (κ1) is 14.3. The van der Waals surface area contributed by atoms with Crippen molar-refractivity contribution in [1.82, 2.24) is 5.32 Å². The Labute approximate surface area is 113 Å². The molecule has 1 saturated carbocycles. The van der Waals surface area contributed by atoms with E-state index in [2.05, 4.69) is 19.2 Å². The van der Waals surface area contributed by atoms with Gasteiger partial charge in [0.15, 0.2) is 0 Å². The average Bonchev–Trinajstić information content (AvgIpc) is 2.39. The van der Waals surface area contributed by atoms with E-state index in [1.807, 2.05) is 0 Å². The third-order valence-corrected chi connectivity index (χ3v) is 4.85. The summed E-state index contributed by atoms with van der Waals surface area (Å²) in [4.78, 5) is 0. The van der Waals surface area contributed by atoms with Gasteiger partial charge in [-0.3, -0.25) is 0 Å². The Morgan fingerprint density at radius 2 is 2.06 bits per heavy atom. The first-order chi connectivity index (χ1) is 8.78. The average molecular weight is 253 g/mol. The monoisotopic (exact) mass is 253 g/mol. The molecule has 2 heteroatoms. The van der Waals surface area contributed by atoms with Crippen LogP contribution in [0.25, 0.3) is 0 Å². The Kier molecular flexibility index (Phi) is 5.97. The van der Waals surface area contributed by atoms with Crippen molar-refractivity contribution in [3.63, 3.8) is 0 Å². The molecule has 0 spiro atoms. The van der Waals surface area contributed by atoms with E-state index < -0.39 is 0 Å². The van der Waals surface area contributed by atoms with Crippen LogP contribution in [0.15, 0.2) is 0 Å². The Morgan fingerprint density at radius 3 is 2.83 bits per heavy atom. The van der Waals surface area contributed by atoms with Gasteiger partial charge in [0.05, 0.1) is 6.10 Å². The molecule has 1 N–H and O–H groups in total. The van der Waals surface area contributed by atoms with Gasteiger partial charge in [0.25, 0.3) is 0 Å². The predicted molar refractivity (Wildman–Crippen MR) is 76.8 cm³/mol. The molecule has 2 fully saturated rings. The van der Waals surface area contributed by atoms with Crippen LogP contribution in [0.1, 0.15) is 65.2 Å². The summed E-state index contributed by atoms with van der Waals surface area (Å²) < 4.78 is 5.73. The minimum atomic E-state index is 0.506. The molecule has 1 aliphatic heterocycles. The molecule has 1 heterocycles. The summed E-state index contributed by atoms with van der Waals surface area (Å²) in [7, 11) is 0. The van der Waals surface area contributed by atoms with E-state index in [1.165, 1.54) is 51.5 Å². The molecule has 0 aromatic heterocycles. The molecule has 2 rings (SSSR count). The van der Waals surface area contributed by atoms with Crippen molar-refractivity contribution in [3.8, 4) is 0 Å². The molecule has 18 heavy (non-hydrogen) atoms. The highest BCUT2D eigenvalue weighted by Gasteiger charge is 2.22. The molecule has 0 aromatic carbocycles. The Balaban J connectivity index is 1.59. The zero-order valence-electron chi connectivity index (χ0n) is 12.3. The molecule has 1 aliphatic carbocycles. The minimum absolute atomic E-state index is 0.506. The summed E-state index contributed by atoms with van der Waals surface area (Å²) >= 11 is 0. The second-order valence-electron chi connectivity index (χ2n) is 6.50. The lowest BCUT2D eigenvalue weighted by Crippen LogP contribution is -2.39. The summed E-state index contributed by atoms with van der Waals surface area (Å²) in [6, 6.07) is 0.713. The lowest BCUT2D eigenvalue weighted by Gasteiger charge is -2.31. The van der Waals surface area contributed by atoms with Gasteiger partial charge in [-0.15, -0.1) is 0 Å². The van der Waals surface area contributed by atoms with E-state index in [4.69, 9.17) is 4.74 Å². The van der Waals surface area contributed by atoms with Crippen LogP contribution in [-0.2, 0) is 4.74 Å². The van der Waals surface area contributed by atoms with Crippen LogP contribution >= 0.6 is 0 Å². The quantitative estimate of drug-likeness (QED) is 0.805. The van der Waals surface area contributed by atoms with Crippen LogP contribution in [0.4, 0.5) is 0 Å². The van der Waals surface area contributed by atoms with E-state index in [9.17, 15) is 0 Å². The van der Waals surface area contributed by atoms with E-state index in [1.54, 1.807) is 0 Å². The lowest BCUT2D eigenvalue weighted by molar-refractivity contribution is -0.000236. The van der Waals surface area contributed by atoms with Crippen molar-refractivity contribution in [1.29, 1.82) is 0 Å². The number of hydrogen-bond donors (Lipinski definition) is 1. The van der Waals surface area contributed by atoms with Gasteiger partial charge in [-0.05, 0) is 50.5 Å². The highest BCUT2D eigenvalue weighted by molar-refractivity contribution is 4.77. The van der Waals surface area contributed by atoms with E-state index in [-0.39, 0.29) is 0 Å². The highest BCUT2D eigenvalue weighted by Crippen LogP contribution is 2.30. The molecule has 0 bridgehead atoms. The minimum Gasteiger partial charge on any atom is -0.378 e. The second-order valence-corrected chi connectivity index (χ2v) is 6.50. The molecule has 0 radical (unpaired) electrons. The maximum absolute atomic E-state index is 5.73. The van der Waals surface area contributed by atoms with Gasteiger partial charge in [0.1, 0.15) is 0 Å². The van der Waals surface area contributed by atoms with Crippen LogP contribution in [0.2, 0.25) is 0 Å². The fourth-order valence-corrected chi connectivity index (χ4v) is 3.66. The largest absolute Gasteiger partial charge is 0.378 e. The van der Waals surface area contributed by atoms with E-state index >= 15 is 0 Å². The van der Waals surface area contributed by atoms with Crippen molar-refractivity contribution in [2.45, 2.75) is 77.4 Å². The lowest BCUT2D eigenvalue weighted by atomic mass is 9.81. The number of hydrogen-bond acceptors (Lipinski definition) is 2. The summed E-state index contributed by atoms with van der Waals surface area (Å²) in [5.74, 6) is 1.96. The third kappa shape index (κ3) is 4.55. The van der Waals surface area contributed by atoms with Crippen molar-refractivity contribution < 1.29 is 4.74 Å². The van der Waals surface area contributed by atoms with Gasteiger partial charge in [0, 0.05) is 12.6 Å². The van der Waals surface area contributed by atoms with Gasteiger partial charge in [-0.25, -0.2) is 0 Å². The fourth-order valence-electron chi connectivity index (χ4n) is 3.66. The molecule has 4 atom stereocenters. The summed E-state index contributed by atoms with van der Waals surface area (Å²) in [6.45, 7) is 6.83. The topological polar surface area (TPSA) is 21.3 Å². The van der Waals surface area contributed by atoms with E-state index in [0.29, 0.717) is 12.1 Å². The summed E-state index contributed by atoms with van der Waals surface area (Å²) in [6.07, 6.45) is 11.3. The van der Waals surface area contributed by atoms with Crippen LogP contribution in [0.5, 0.6) is 0 Å². The van der Waals surface area contributed by atoms with Gasteiger partial charge < -0.3 is 10.1 Å². The van der Waals surface area contributed by atoms with Crippen molar-refractivity contribution in [3.05, 3.63) is 0 Å². The van der Waals surface area contributed by atoms with Crippen molar-refractivity contribution >= 4 is 0 Å². The van der Waals surface area contributed by atoms with Gasteiger partial charge >= 0.3 is 0 Å². The Morgan fingerprint density at radius 1 is 1.17 bits per heavy atom. The second kappa shape index (κ2) is 7.49. The normalized spacial score (nSPS) is 37.7. The van der Waals surface area contributed by atoms with Crippen LogP contribution < -0.4 is 5.32 Å². The molecule has 1 saturated heterocycles. The molecule has 4 unspecified atom stereocenters. The number of rotatable bonds is 5. The Hall–Kier alpha value is -0.0800. The molecular formula is C16H31NO. The third-order valence-electron chi connectivity index (χ3n) is 4.85. The summed E-state index contributed by atoms with van der Waals surface area (Å²) in [5.41, 5.74) is 0. The molecule has 2 aliphatic rings. The van der Waals surface area contributed by atoms with Gasteiger partial charge in [-0.2, -0.15) is 0 Å². The Bertz CT molecular complexity index is 231. The number of ether oxygens (including phenoxy) is 1. The zero-order valence-corrected chi connectivity index (χ0v) is 12.3. The number of nitrogens with one attached hydrogen (secondary N) is 1. The fraction of sp³-hybridized carbons (Fsp3) is 1.00. The summed E-state index contributed by atoms with van der Waals surface area (Å²) in [5, 5.41) is 3.77. The molecule has 106 valence electrons. The highest BCUT2D eigenvalue weighted by atomic mass is 16.5. The standard InChI is InChI=1S/C16H31NO/c1-3-16-12-15(8-10-18-16)17-9-7-14-6-4-5-13(2)11-14/h13-17H,3-12H2,1-2H3. The van der Waals surface area contributed by atoms with Crippen LogP contribution in [0, 0.1) is 11.8 Å². The predicted octanol–water partition coefficient (Wildman–Crippen LogP) is 3.75. The molecular weight excluding hydrogens is 222 g/mol. The smallest absolute Gasteiger partial charge is 0.0587 e. The van der Waals surface area contributed by atoms with Gasteiger partial charge in [0.2, 0.25) is 0 Å². The molecule has 0 aromatic rings. The molecule has 0 amide bonds. The maximum Gasteiger partial charge on any atom is 0.0587 e. The van der Waals surface area contributed by atoms with E-state index in [0.717, 1.165) is 24.9 Å². The van der Waals surface area contributed by atoms with Crippen molar-refractivity contribution in [2.24, 2.45) is 11.8 Å². The maximum atomic E-state index is 5.73. The van der Waals surface area contributed by atoms with Crippen LogP contribution in [0.3, 0.4) is 0 Å². The first-order valence-corrected chi connectivity index (χ1v) is 8.13. The van der Waals surface area contributed by atoms with Crippen molar-refractivity contribution in [2.75, 3.05) is 13.2 Å². The van der Waals surface area contributed by atoms with Crippen LogP contribution in [-0.4, -0.2) is 25.3 Å². The SMILES string of the molecule is CCC1CC(NCCC2CCCC(C)C2)CCO1. The zero-order chi connectivity index (χ0) is 12.8. The van der Waals surface area contributed by atoms with Gasteiger partial charge in [-0.1, -0.05) is 33.1 Å². The molecule has 2 nitrogen and oxygen atoms in total.